The summed E-state index contributed by atoms with van der Waals surface area (Å²) in [7, 11) is 0. The van der Waals surface area contributed by atoms with Crippen molar-refractivity contribution >= 4 is 11.9 Å². The van der Waals surface area contributed by atoms with Gasteiger partial charge >= 0.3 is 11.9 Å². The molecule has 4 nitrogen and oxygen atoms in total. The second-order valence-corrected chi connectivity index (χ2v) is 12.2. The second kappa shape index (κ2) is 20.6. The van der Waals surface area contributed by atoms with E-state index in [0.29, 0.717) is 12.8 Å². The fourth-order valence-corrected chi connectivity index (χ4v) is 5.63. The average Bonchev–Trinajstić information content (AvgIpc) is 2.86. The highest BCUT2D eigenvalue weighted by molar-refractivity contribution is 5.86. The van der Waals surface area contributed by atoms with Gasteiger partial charge in [0.2, 0.25) is 0 Å². The summed E-state index contributed by atoms with van der Waals surface area (Å²) in [5, 5.41) is 9.71. The number of aliphatic carboxylic acids is 1. The van der Waals surface area contributed by atoms with E-state index in [2.05, 4.69) is 20.8 Å². The first-order valence-electron chi connectivity index (χ1n) is 15.9. The van der Waals surface area contributed by atoms with Gasteiger partial charge in [-0.1, -0.05) is 129 Å². The maximum Gasteiger partial charge on any atom is 0.316 e. The monoisotopic (exact) mass is 520 g/mol. The zero-order valence-corrected chi connectivity index (χ0v) is 24.9. The summed E-state index contributed by atoms with van der Waals surface area (Å²) in [6.07, 6.45) is 28.4. The molecule has 0 aromatic rings. The summed E-state index contributed by atoms with van der Waals surface area (Å²) in [4.78, 5) is 25.1. The van der Waals surface area contributed by atoms with Crippen molar-refractivity contribution in [2.75, 3.05) is 0 Å². The van der Waals surface area contributed by atoms with E-state index in [1.807, 2.05) is 6.08 Å². The van der Waals surface area contributed by atoms with Crippen molar-refractivity contribution < 1.29 is 19.4 Å². The lowest BCUT2D eigenvalue weighted by atomic mass is 9.71. The number of carbonyl (C=O) groups is 2. The van der Waals surface area contributed by atoms with E-state index in [1.165, 1.54) is 96.3 Å². The van der Waals surface area contributed by atoms with E-state index < -0.39 is 17.3 Å². The molecule has 1 aliphatic rings. The van der Waals surface area contributed by atoms with Gasteiger partial charge in [0.15, 0.2) is 0 Å². The van der Waals surface area contributed by atoms with Crippen LogP contribution in [0, 0.1) is 17.3 Å². The molecule has 0 spiro atoms. The molecule has 0 saturated carbocycles. The average molecular weight is 521 g/mol. The Hall–Kier alpha value is -1.32. The fraction of sp³-hybridized carbons (Fsp3) is 0.879. The summed E-state index contributed by atoms with van der Waals surface area (Å²) < 4.78 is 6.07. The number of hydrogen-bond donors (Lipinski definition) is 1. The molecule has 1 N–H and O–H groups in total. The molecule has 0 aromatic carbocycles. The van der Waals surface area contributed by atoms with Gasteiger partial charge in [-0.05, 0) is 51.4 Å². The molecule has 37 heavy (non-hydrogen) atoms. The summed E-state index contributed by atoms with van der Waals surface area (Å²) in [6.45, 7) is 8.58. The zero-order chi connectivity index (χ0) is 27.4. The van der Waals surface area contributed by atoms with E-state index in [4.69, 9.17) is 4.74 Å². The Kier molecular flexibility index (Phi) is 18.8. The summed E-state index contributed by atoms with van der Waals surface area (Å²) in [5.41, 5.74) is -1.06. The standard InChI is InChI=1S/C33H60O4/c1-5-6-7-8-9-10-11-12-13-16-19-24-29(25-20-17-14-15-18-23-28(2)3)37-32(36)33(4)27-22-21-26-30(33)31(34)35/h22,27-30H,5-21,23-26H2,1-4H3,(H,34,35). The molecular weight excluding hydrogens is 460 g/mol. The molecule has 0 radical (unpaired) electrons. The van der Waals surface area contributed by atoms with E-state index in [-0.39, 0.29) is 12.1 Å². The molecule has 3 unspecified atom stereocenters. The van der Waals surface area contributed by atoms with Gasteiger partial charge in [-0.15, -0.1) is 0 Å². The van der Waals surface area contributed by atoms with Gasteiger partial charge in [0.05, 0.1) is 11.3 Å². The minimum absolute atomic E-state index is 0.0941. The van der Waals surface area contributed by atoms with Crippen molar-refractivity contribution in [3.05, 3.63) is 12.2 Å². The zero-order valence-electron chi connectivity index (χ0n) is 24.9. The molecule has 0 saturated heterocycles. The second-order valence-electron chi connectivity index (χ2n) is 12.2. The molecule has 0 amide bonds. The lowest BCUT2D eigenvalue weighted by molar-refractivity contribution is -0.168. The van der Waals surface area contributed by atoms with E-state index in [0.717, 1.165) is 31.6 Å². The normalized spacial score (nSPS) is 20.3. The molecule has 0 heterocycles. The summed E-state index contributed by atoms with van der Waals surface area (Å²) >= 11 is 0. The number of hydrogen-bond acceptors (Lipinski definition) is 3. The third kappa shape index (κ3) is 15.0. The number of allylic oxidation sites excluding steroid dienone is 1. The van der Waals surface area contributed by atoms with Crippen LogP contribution in [-0.4, -0.2) is 23.1 Å². The number of ether oxygens (including phenoxy) is 1. The molecule has 0 bridgehead atoms. The fourth-order valence-electron chi connectivity index (χ4n) is 5.63. The maximum absolute atomic E-state index is 13.2. The molecule has 0 fully saturated rings. The lowest BCUT2D eigenvalue weighted by Crippen LogP contribution is -2.42. The lowest BCUT2D eigenvalue weighted by Gasteiger charge is -2.34. The third-order valence-corrected chi connectivity index (χ3v) is 8.26. The first-order chi connectivity index (χ1) is 17.8. The third-order valence-electron chi connectivity index (χ3n) is 8.26. The smallest absolute Gasteiger partial charge is 0.316 e. The Balaban J connectivity index is 2.45. The van der Waals surface area contributed by atoms with Crippen molar-refractivity contribution in [3.63, 3.8) is 0 Å². The number of unbranched alkanes of at least 4 members (excludes halogenated alkanes) is 14. The van der Waals surface area contributed by atoms with Gasteiger partial charge in [0.1, 0.15) is 6.10 Å². The quantitative estimate of drug-likeness (QED) is 0.0827. The highest BCUT2D eigenvalue weighted by Crippen LogP contribution is 2.38. The van der Waals surface area contributed by atoms with E-state index in [9.17, 15) is 14.7 Å². The van der Waals surface area contributed by atoms with Crippen LogP contribution >= 0.6 is 0 Å². The Bertz CT molecular complexity index is 626. The Morgan fingerprint density at radius 1 is 0.811 bits per heavy atom. The number of esters is 1. The molecule has 3 atom stereocenters. The van der Waals surface area contributed by atoms with Crippen molar-refractivity contribution in [2.24, 2.45) is 17.3 Å². The van der Waals surface area contributed by atoms with E-state index >= 15 is 0 Å². The summed E-state index contributed by atoms with van der Waals surface area (Å²) in [6, 6.07) is 0. The molecule has 4 heteroatoms. The van der Waals surface area contributed by atoms with Crippen molar-refractivity contribution in [1.29, 1.82) is 0 Å². The molecule has 1 aliphatic carbocycles. The number of rotatable bonds is 23. The van der Waals surface area contributed by atoms with Gasteiger partial charge in [-0.25, -0.2) is 0 Å². The molecule has 1 rings (SSSR count). The SMILES string of the molecule is CCCCCCCCCCCCCC(CCCCCCCC(C)C)OC(=O)C1(C)C=CCCC1C(=O)O. The number of carbonyl (C=O) groups excluding carboxylic acids is 1. The van der Waals surface area contributed by atoms with Gasteiger partial charge in [0.25, 0.3) is 0 Å². The molecular formula is C33H60O4. The first-order valence-corrected chi connectivity index (χ1v) is 15.9. The topological polar surface area (TPSA) is 63.6 Å². The maximum atomic E-state index is 13.2. The van der Waals surface area contributed by atoms with Crippen LogP contribution in [0.25, 0.3) is 0 Å². The van der Waals surface area contributed by atoms with Crippen LogP contribution in [0.5, 0.6) is 0 Å². The van der Waals surface area contributed by atoms with Gasteiger partial charge in [-0.3, -0.25) is 9.59 Å². The largest absolute Gasteiger partial charge is 0.481 e. The molecule has 0 aliphatic heterocycles. The molecule has 0 aromatic heterocycles. The van der Waals surface area contributed by atoms with Crippen LogP contribution < -0.4 is 0 Å². The number of carboxylic acid groups (broad SMARTS) is 1. The minimum atomic E-state index is -1.06. The number of carboxylic acids is 1. The predicted molar refractivity (Wildman–Crippen MR) is 156 cm³/mol. The van der Waals surface area contributed by atoms with Crippen LogP contribution in [0.15, 0.2) is 12.2 Å². The van der Waals surface area contributed by atoms with Crippen LogP contribution in [0.1, 0.15) is 163 Å². The van der Waals surface area contributed by atoms with Gasteiger partial charge < -0.3 is 9.84 Å². The summed E-state index contributed by atoms with van der Waals surface area (Å²) in [5.74, 6) is -1.17. The van der Waals surface area contributed by atoms with Crippen molar-refractivity contribution in [3.8, 4) is 0 Å². The predicted octanol–water partition coefficient (Wildman–Crippen LogP) is 10.0. The Morgan fingerprint density at radius 3 is 1.73 bits per heavy atom. The first kappa shape index (κ1) is 33.7. The highest BCUT2D eigenvalue weighted by atomic mass is 16.5. The van der Waals surface area contributed by atoms with Crippen LogP contribution in [0.3, 0.4) is 0 Å². The highest BCUT2D eigenvalue weighted by Gasteiger charge is 2.46. The van der Waals surface area contributed by atoms with Crippen LogP contribution in [0.4, 0.5) is 0 Å². The van der Waals surface area contributed by atoms with Crippen molar-refractivity contribution in [1.82, 2.24) is 0 Å². The van der Waals surface area contributed by atoms with Crippen LogP contribution in [-0.2, 0) is 14.3 Å². The van der Waals surface area contributed by atoms with E-state index in [1.54, 1.807) is 13.0 Å². The van der Waals surface area contributed by atoms with Gasteiger partial charge in [0, 0.05) is 0 Å². The van der Waals surface area contributed by atoms with Crippen LogP contribution in [0.2, 0.25) is 0 Å². The minimum Gasteiger partial charge on any atom is -0.481 e. The van der Waals surface area contributed by atoms with Gasteiger partial charge in [-0.2, -0.15) is 0 Å². The molecule has 216 valence electrons. The Labute approximate surface area is 229 Å². The Morgan fingerprint density at radius 2 is 1.27 bits per heavy atom. The van der Waals surface area contributed by atoms with Crippen molar-refractivity contribution in [2.45, 2.75) is 169 Å².